The topological polar surface area (TPSA) is 36.4 Å². The monoisotopic (exact) mass is 304 g/mol. The lowest BCUT2D eigenvalue weighted by Gasteiger charge is -2.21. The molecule has 0 amide bonds. The number of pyridine rings is 1. The van der Waals surface area contributed by atoms with Gasteiger partial charge in [0.2, 0.25) is 0 Å². The maximum Gasteiger partial charge on any atom is 0.129 e. The van der Waals surface area contributed by atoms with E-state index in [4.69, 9.17) is 11.6 Å². The zero-order chi connectivity index (χ0) is 15.4. The lowest BCUT2D eigenvalue weighted by molar-refractivity contribution is 0.123. The molecule has 0 spiro atoms. The third-order valence-electron chi connectivity index (χ3n) is 3.35. The van der Waals surface area contributed by atoms with Crippen LogP contribution in [0.1, 0.15) is 28.4 Å². The van der Waals surface area contributed by atoms with Crippen molar-refractivity contribution in [2.75, 3.05) is 13.6 Å². The SMILES string of the molecule is Cc1cc(C)cc(C(O)CN(C)Cc2ccc(Cl)nc2)c1. The molecule has 2 aromatic rings. The molecule has 0 fully saturated rings. The van der Waals surface area contributed by atoms with Crippen LogP contribution in [-0.2, 0) is 6.54 Å². The average Bonchev–Trinajstić information content (AvgIpc) is 2.40. The van der Waals surface area contributed by atoms with Crippen molar-refractivity contribution in [2.24, 2.45) is 0 Å². The number of aryl methyl sites for hydroxylation is 2. The van der Waals surface area contributed by atoms with Gasteiger partial charge in [-0.15, -0.1) is 0 Å². The number of hydrogen-bond donors (Lipinski definition) is 1. The van der Waals surface area contributed by atoms with Crippen molar-refractivity contribution >= 4 is 11.6 Å². The minimum absolute atomic E-state index is 0.492. The number of hydrogen-bond acceptors (Lipinski definition) is 3. The van der Waals surface area contributed by atoms with E-state index in [0.29, 0.717) is 11.7 Å². The van der Waals surface area contributed by atoms with Gasteiger partial charge in [0.1, 0.15) is 5.15 Å². The normalized spacial score (nSPS) is 12.7. The Morgan fingerprint density at radius 3 is 2.43 bits per heavy atom. The Kier molecular flexibility index (Phi) is 5.34. The maximum absolute atomic E-state index is 10.4. The Morgan fingerprint density at radius 1 is 1.19 bits per heavy atom. The summed E-state index contributed by atoms with van der Waals surface area (Å²) in [7, 11) is 1.99. The van der Waals surface area contributed by atoms with Crippen LogP contribution >= 0.6 is 11.6 Å². The first-order valence-corrected chi connectivity index (χ1v) is 7.37. The number of aliphatic hydroxyl groups excluding tert-OH is 1. The smallest absolute Gasteiger partial charge is 0.129 e. The first-order valence-electron chi connectivity index (χ1n) is 6.99. The van der Waals surface area contributed by atoms with E-state index in [9.17, 15) is 5.11 Å². The fraction of sp³-hybridized carbons (Fsp3) is 0.353. The van der Waals surface area contributed by atoms with Crippen molar-refractivity contribution in [1.82, 2.24) is 9.88 Å². The zero-order valence-electron chi connectivity index (χ0n) is 12.7. The van der Waals surface area contributed by atoms with Crippen molar-refractivity contribution in [3.05, 3.63) is 63.9 Å². The molecule has 1 aromatic carbocycles. The molecule has 1 aromatic heterocycles. The van der Waals surface area contributed by atoms with E-state index >= 15 is 0 Å². The lowest BCUT2D eigenvalue weighted by Crippen LogP contribution is -2.24. The van der Waals surface area contributed by atoms with Gasteiger partial charge in [-0.1, -0.05) is 47.0 Å². The second-order valence-corrected chi connectivity index (χ2v) is 6.01. The molecule has 1 atom stereocenters. The molecule has 3 nitrogen and oxygen atoms in total. The molecule has 21 heavy (non-hydrogen) atoms. The van der Waals surface area contributed by atoms with Crippen molar-refractivity contribution in [3.8, 4) is 0 Å². The summed E-state index contributed by atoms with van der Waals surface area (Å²) in [5, 5.41) is 10.9. The minimum atomic E-state index is -0.492. The van der Waals surface area contributed by atoms with E-state index in [1.165, 1.54) is 11.1 Å². The Bertz CT molecular complexity index is 578. The Balaban J connectivity index is 1.98. The predicted octanol–water partition coefficient (Wildman–Crippen LogP) is 3.52. The quantitative estimate of drug-likeness (QED) is 0.859. The molecule has 2 rings (SSSR count). The van der Waals surface area contributed by atoms with Gasteiger partial charge in [-0.2, -0.15) is 0 Å². The van der Waals surface area contributed by atoms with Gasteiger partial charge >= 0.3 is 0 Å². The van der Waals surface area contributed by atoms with E-state index in [-0.39, 0.29) is 0 Å². The molecule has 0 aliphatic heterocycles. The van der Waals surface area contributed by atoms with Gasteiger partial charge in [-0.25, -0.2) is 4.98 Å². The zero-order valence-corrected chi connectivity index (χ0v) is 13.4. The molecule has 0 saturated heterocycles. The third-order valence-corrected chi connectivity index (χ3v) is 3.58. The molecule has 1 unspecified atom stereocenters. The molecule has 0 aliphatic rings. The molecular formula is C17H21ClN2O. The summed E-state index contributed by atoms with van der Waals surface area (Å²) in [6.45, 7) is 5.40. The van der Waals surface area contributed by atoms with Crippen LogP contribution in [0.15, 0.2) is 36.5 Å². The standard InChI is InChI=1S/C17H21ClN2O/c1-12-6-13(2)8-15(7-12)16(21)11-20(3)10-14-4-5-17(18)19-9-14/h4-9,16,21H,10-11H2,1-3H3. The van der Waals surface area contributed by atoms with Crippen LogP contribution in [0.4, 0.5) is 0 Å². The van der Waals surface area contributed by atoms with Crippen molar-refractivity contribution < 1.29 is 5.11 Å². The van der Waals surface area contributed by atoms with Gasteiger partial charge < -0.3 is 5.11 Å². The number of rotatable bonds is 5. The largest absolute Gasteiger partial charge is 0.387 e. The average molecular weight is 305 g/mol. The summed E-state index contributed by atoms with van der Waals surface area (Å²) in [5.74, 6) is 0. The summed E-state index contributed by atoms with van der Waals surface area (Å²) < 4.78 is 0. The highest BCUT2D eigenvalue weighted by Crippen LogP contribution is 2.18. The number of halogens is 1. The Morgan fingerprint density at radius 2 is 1.86 bits per heavy atom. The summed E-state index contributed by atoms with van der Waals surface area (Å²) in [5.41, 5.74) is 4.39. The number of benzene rings is 1. The van der Waals surface area contributed by atoms with Crippen LogP contribution in [0.5, 0.6) is 0 Å². The van der Waals surface area contributed by atoms with Gasteiger partial charge in [-0.3, -0.25) is 4.90 Å². The highest BCUT2D eigenvalue weighted by Gasteiger charge is 2.12. The van der Waals surface area contributed by atoms with Crippen LogP contribution < -0.4 is 0 Å². The number of likely N-dealkylation sites (N-methyl/N-ethyl adjacent to an activating group) is 1. The predicted molar refractivity (Wildman–Crippen MR) is 86.5 cm³/mol. The van der Waals surface area contributed by atoms with Crippen LogP contribution in [0.25, 0.3) is 0 Å². The van der Waals surface area contributed by atoms with E-state index < -0.39 is 6.10 Å². The summed E-state index contributed by atoms with van der Waals surface area (Å²) in [6.07, 6.45) is 1.27. The first kappa shape index (κ1) is 16.0. The van der Waals surface area contributed by atoms with Crippen molar-refractivity contribution in [1.29, 1.82) is 0 Å². The molecule has 0 aliphatic carbocycles. The lowest BCUT2D eigenvalue weighted by atomic mass is 10.0. The molecule has 1 N–H and O–H groups in total. The van der Waals surface area contributed by atoms with Crippen LogP contribution in [-0.4, -0.2) is 28.6 Å². The maximum atomic E-state index is 10.4. The summed E-state index contributed by atoms with van der Waals surface area (Å²) in [6, 6.07) is 9.92. The van der Waals surface area contributed by atoms with Gasteiger partial charge in [-0.05, 0) is 38.1 Å². The van der Waals surface area contributed by atoms with E-state index in [2.05, 4.69) is 16.0 Å². The van der Waals surface area contributed by atoms with Crippen LogP contribution in [0, 0.1) is 13.8 Å². The fourth-order valence-corrected chi connectivity index (χ4v) is 2.59. The molecule has 4 heteroatoms. The molecule has 0 saturated carbocycles. The summed E-state index contributed by atoms with van der Waals surface area (Å²) in [4.78, 5) is 6.15. The highest BCUT2D eigenvalue weighted by molar-refractivity contribution is 6.29. The Labute approximate surface area is 131 Å². The van der Waals surface area contributed by atoms with E-state index in [1.807, 2.05) is 39.1 Å². The number of nitrogens with zero attached hydrogens (tertiary/aromatic N) is 2. The molecule has 0 bridgehead atoms. The van der Waals surface area contributed by atoms with Crippen molar-refractivity contribution in [2.45, 2.75) is 26.5 Å². The van der Waals surface area contributed by atoms with E-state index in [1.54, 1.807) is 12.3 Å². The molecule has 1 heterocycles. The van der Waals surface area contributed by atoms with Crippen molar-refractivity contribution in [3.63, 3.8) is 0 Å². The fourth-order valence-electron chi connectivity index (χ4n) is 2.48. The van der Waals surface area contributed by atoms with Crippen LogP contribution in [0.2, 0.25) is 5.15 Å². The Hall–Kier alpha value is -1.42. The highest BCUT2D eigenvalue weighted by atomic mass is 35.5. The minimum Gasteiger partial charge on any atom is -0.387 e. The number of aromatic nitrogens is 1. The van der Waals surface area contributed by atoms with Gasteiger partial charge in [0.05, 0.1) is 6.10 Å². The second kappa shape index (κ2) is 7.03. The molecule has 112 valence electrons. The molecular weight excluding hydrogens is 284 g/mol. The second-order valence-electron chi connectivity index (χ2n) is 5.62. The van der Waals surface area contributed by atoms with Crippen LogP contribution in [0.3, 0.4) is 0 Å². The summed E-state index contributed by atoms with van der Waals surface area (Å²) >= 11 is 5.78. The third kappa shape index (κ3) is 4.81. The van der Waals surface area contributed by atoms with Gasteiger partial charge in [0.25, 0.3) is 0 Å². The van der Waals surface area contributed by atoms with Gasteiger partial charge in [0.15, 0.2) is 0 Å². The first-order chi connectivity index (χ1) is 9.94. The molecule has 0 radical (unpaired) electrons. The van der Waals surface area contributed by atoms with Gasteiger partial charge in [0, 0.05) is 19.3 Å². The van der Waals surface area contributed by atoms with E-state index in [0.717, 1.165) is 17.7 Å². The number of aliphatic hydroxyl groups is 1.